The molecule has 2 rings (SSSR count). The van der Waals surface area contributed by atoms with Crippen LogP contribution in [-0.2, 0) is 6.42 Å². The van der Waals surface area contributed by atoms with Crippen molar-refractivity contribution in [3.05, 3.63) is 73.3 Å². The van der Waals surface area contributed by atoms with Gasteiger partial charge in [0, 0.05) is 27.7 Å². The van der Waals surface area contributed by atoms with Gasteiger partial charge >= 0.3 is 0 Å². The number of hydrogen-bond acceptors (Lipinski definition) is 3. The number of Topliss-reactive ketones (excluding diaryl/α,β-unsaturated/α-hetero) is 1. The van der Waals surface area contributed by atoms with E-state index in [9.17, 15) is 14.9 Å². The molecule has 96 valence electrons. The van der Waals surface area contributed by atoms with Crippen molar-refractivity contribution in [3.8, 4) is 0 Å². The molecule has 0 atom stereocenters. The van der Waals surface area contributed by atoms with Crippen molar-refractivity contribution in [2.24, 2.45) is 0 Å². The molecule has 4 nitrogen and oxygen atoms in total. The Bertz CT molecular complexity index is 623. The summed E-state index contributed by atoms with van der Waals surface area (Å²) in [7, 11) is 0. The molecule has 0 amide bonds. The van der Waals surface area contributed by atoms with Crippen LogP contribution in [0.25, 0.3) is 0 Å². The lowest BCUT2D eigenvalue weighted by molar-refractivity contribution is -0.384. The fraction of sp³-hybridized carbons (Fsp3) is 0.0714. The van der Waals surface area contributed by atoms with E-state index in [4.69, 9.17) is 0 Å². The van der Waals surface area contributed by atoms with Gasteiger partial charge in [-0.2, -0.15) is 0 Å². The first-order valence-corrected chi connectivity index (χ1v) is 6.66. The van der Waals surface area contributed by atoms with Crippen LogP contribution in [0.2, 0.25) is 0 Å². The van der Waals surface area contributed by atoms with Crippen LogP contribution >= 0.6 is 22.6 Å². The number of non-ortho nitro benzene ring substituents is 1. The molecular formula is C14H10INO3. The second-order valence-electron chi connectivity index (χ2n) is 4.03. The van der Waals surface area contributed by atoms with Gasteiger partial charge < -0.3 is 0 Å². The molecule has 0 saturated carbocycles. The fourth-order valence-electron chi connectivity index (χ4n) is 1.68. The minimum absolute atomic E-state index is 0.00682. The third-order valence-corrected chi connectivity index (χ3v) is 3.33. The van der Waals surface area contributed by atoms with Gasteiger partial charge in [0.25, 0.3) is 5.69 Å². The second-order valence-corrected chi connectivity index (χ2v) is 5.28. The van der Waals surface area contributed by atoms with Crippen molar-refractivity contribution in [2.75, 3.05) is 0 Å². The number of nitro benzene ring substituents is 1. The maximum absolute atomic E-state index is 12.0. The van der Waals surface area contributed by atoms with E-state index in [-0.39, 0.29) is 17.9 Å². The van der Waals surface area contributed by atoms with Crippen LogP contribution in [0.5, 0.6) is 0 Å². The summed E-state index contributed by atoms with van der Waals surface area (Å²) >= 11 is 2.15. The molecule has 0 fully saturated rings. The summed E-state index contributed by atoms with van der Waals surface area (Å²) in [6, 6.07) is 13.4. The highest BCUT2D eigenvalue weighted by Gasteiger charge is 2.09. The number of nitro groups is 1. The van der Waals surface area contributed by atoms with Crippen molar-refractivity contribution in [3.63, 3.8) is 0 Å². The van der Waals surface area contributed by atoms with E-state index in [0.29, 0.717) is 5.56 Å². The molecule has 5 heteroatoms. The van der Waals surface area contributed by atoms with Crippen LogP contribution in [-0.4, -0.2) is 10.7 Å². The van der Waals surface area contributed by atoms with E-state index in [1.54, 1.807) is 18.2 Å². The summed E-state index contributed by atoms with van der Waals surface area (Å²) in [4.78, 5) is 22.1. The van der Waals surface area contributed by atoms with E-state index in [0.717, 1.165) is 9.13 Å². The van der Waals surface area contributed by atoms with E-state index in [1.165, 1.54) is 12.1 Å². The number of benzene rings is 2. The van der Waals surface area contributed by atoms with E-state index in [2.05, 4.69) is 22.6 Å². The van der Waals surface area contributed by atoms with Gasteiger partial charge in [0.1, 0.15) is 0 Å². The summed E-state index contributed by atoms with van der Waals surface area (Å²) in [5.41, 5.74) is 1.46. The summed E-state index contributed by atoms with van der Waals surface area (Å²) in [6.07, 6.45) is 0.248. The minimum Gasteiger partial charge on any atom is -0.294 e. The highest BCUT2D eigenvalue weighted by molar-refractivity contribution is 14.1. The van der Waals surface area contributed by atoms with Crippen LogP contribution in [0.3, 0.4) is 0 Å². The van der Waals surface area contributed by atoms with E-state index in [1.807, 2.05) is 18.2 Å². The van der Waals surface area contributed by atoms with Gasteiger partial charge in [-0.3, -0.25) is 14.9 Å². The smallest absolute Gasteiger partial charge is 0.269 e. The molecule has 2 aromatic rings. The van der Waals surface area contributed by atoms with Crippen LogP contribution in [0, 0.1) is 13.7 Å². The van der Waals surface area contributed by atoms with Gasteiger partial charge in [-0.1, -0.05) is 24.3 Å². The number of halogens is 1. The molecule has 0 heterocycles. The van der Waals surface area contributed by atoms with Crippen molar-refractivity contribution < 1.29 is 9.72 Å². The zero-order chi connectivity index (χ0) is 13.8. The number of hydrogen-bond donors (Lipinski definition) is 0. The predicted octanol–water partition coefficient (Wildman–Crippen LogP) is 3.62. The highest BCUT2D eigenvalue weighted by atomic mass is 127. The lowest BCUT2D eigenvalue weighted by Gasteiger charge is -2.02. The van der Waals surface area contributed by atoms with Crippen molar-refractivity contribution in [2.45, 2.75) is 6.42 Å². The molecular weight excluding hydrogens is 357 g/mol. The maximum atomic E-state index is 12.0. The summed E-state index contributed by atoms with van der Waals surface area (Å²) < 4.78 is 1.01. The predicted molar refractivity (Wildman–Crippen MR) is 80.3 cm³/mol. The van der Waals surface area contributed by atoms with Crippen LogP contribution in [0.1, 0.15) is 15.9 Å². The Balaban J connectivity index is 2.13. The fourth-order valence-corrected chi connectivity index (χ4v) is 2.23. The molecule has 0 aliphatic carbocycles. The Labute approximate surface area is 123 Å². The quantitative estimate of drug-likeness (QED) is 0.359. The summed E-state index contributed by atoms with van der Waals surface area (Å²) in [5.74, 6) is 0.00682. The summed E-state index contributed by atoms with van der Waals surface area (Å²) in [5, 5.41) is 10.5. The molecule has 0 aliphatic heterocycles. The standard InChI is InChI=1S/C14H10INO3/c15-12-3-1-2-11(9-12)14(17)8-10-4-6-13(7-5-10)16(18)19/h1-7,9H,8H2. The molecule has 0 aromatic heterocycles. The Morgan fingerprint density at radius 2 is 1.84 bits per heavy atom. The molecule has 0 aliphatic rings. The second kappa shape index (κ2) is 5.92. The SMILES string of the molecule is O=C(Cc1ccc([N+](=O)[O-])cc1)c1cccc(I)c1. The van der Waals surface area contributed by atoms with Gasteiger partial charge in [-0.25, -0.2) is 0 Å². The Kier molecular flexibility index (Phi) is 4.26. The van der Waals surface area contributed by atoms with Gasteiger partial charge in [-0.15, -0.1) is 0 Å². The molecule has 0 saturated heterocycles. The van der Waals surface area contributed by atoms with Gasteiger partial charge in [0.2, 0.25) is 0 Å². The van der Waals surface area contributed by atoms with Gasteiger partial charge in [-0.05, 0) is 40.3 Å². The molecule has 0 spiro atoms. The zero-order valence-corrected chi connectivity index (χ0v) is 12.0. The van der Waals surface area contributed by atoms with Crippen LogP contribution in [0.4, 0.5) is 5.69 Å². The Hall–Kier alpha value is -1.76. The lowest BCUT2D eigenvalue weighted by Crippen LogP contribution is -2.03. The average molecular weight is 367 g/mol. The van der Waals surface area contributed by atoms with E-state index >= 15 is 0 Å². The largest absolute Gasteiger partial charge is 0.294 e. The number of rotatable bonds is 4. The third-order valence-electron chi connectivity index (χ3n) is 2.66. The number of nitrogens with zero attached hydrogens (tertiary/aromatic N) is 1. The minimum atomic E-state index is -0.453. The summed E-state index contributed by atoms with van der Waals surface area (Å²) in [6.45, 7) is 0. The number of carbonyl (C=O) groups excluding carboxylic acids is 1. The first kappa shape index (κ1) is 13.7. The van der Waals surface area contributed by atoms with Gasteiger partial charge in [0.15, 0.2) is 5.78 Å². The molecule has 0 radical (unpaired) electrons. The first-order chi connectivity index (χ1) is 9.06. The molecule has 0 unspecified atom stereocenters. The topological polar surface area (TPSA) is 60.2 Å². The zero-order valence-electron chi connectivity index (χ0n) is 9.88. The molecule has 0 bridgehead atoms. The van der Waals surface area contributed by atoms with Crippen molar-refractivity contribution >= 4 is 34.1 Å². The average Bonchev–Trinajstić information content (AvgIpc) is 2.39. The van der Waals surface area contributed by atoms with Crippen molar-refractivity contribution in [1.29, 1.82) is 0 Å². The van der Waals surface area contributed by atoms with Crippen LogP contribution in [0.15, 0.2) is 48.5 Å². The Morgan fingerprint density at radius 1 is 1.16 bits per heavy atom. The van der Waals surface area contributed by atoms with Crippen molar-refractivity contribution in [1.82, 2.24) is 0 Å². The molecule has 2 aromatic carbocycles. The van der Waals surface area contributed by atoms with E-state index < -0.39 is 4.92 Å². The van der Waals surface area contributed by atoms with Gasteiger partial charge in [0.05, 0.1) is 4.92 Å². The Morgan fingerprint density at radius 3 is 2.42 bits per heavy atom. The molecule has 0 N–H and O–H groups in total. The van der Waals surface area contributed by atoms with Crippen LogP contribution < -0.4 is 0 Å². The molecule has 19 heavy (non-hydrogen) atoms. The first-order valence-electron chi connectivity index (χ1n) is 5.58. The normalized spacial score (nSPS) is 10.2. The number of carbonyl (C=O) groups is 1. The lowest BCUT2D eigenvalue weighted by atomic mass is 10.0. The third kappa shape index (κ3) is 3.60. The number of ketones is 1. The highest BCUT2D eigenvalue weighted by Crippen LogP contribution is 2.15. The monoisotopic (exact) mass is 367 g/mol. The maximum Gasteiger partial charge on any atom is 0.269 e.